The Bertz CT molecular complexity index is 408. The first kappa shape index (κ1) is 14.4. The predicted octanol–water partition coefficient (Wildman–Crippen LogP) is 3.02. The number of benzene rings is 1. The summed E-state index contributed by atoms with van der Waals surface area (Å²) in [5, 5.41) is 0. The first-order valence-electron chi connectivity index (χ1n) is 5.71. The summed E-state index contributed by atoms with van der Waals surface area (Å²) < 4.78 is 28.8. The van der Waals surface area contributed by atoms with Gasteiger partial charge in [0.05, 0.1) is 5.56 Å². The molecule has 0 bridgehead atoms. The molecule has 0 unspecified atom stereocenters. The summed E-state index contributed by atoms with van der Waals surface area (Å²) in [4.78, 5) is 13.6. The van der Waals surface area contributed by atoms with Gasteiger partial charge >= 0.3 is 6.61 Å². The summed E-state index contributed by atoms with van der Waals surface area (Å²) >= 11 is 0. The molecule has 0 saturated heterocycles. The zero-order chi connectivity index (χ0) is 13.7. The molecule has 1 rings (SSSR count). The number of ether oxygens (including phenoxy) is 1. The lowest BCUT2D eigenvalue weighted by Crippen LogP contribution is -2.30. The van der Waals surface area contributed by atoms with Gasteiger partial charge in [-0.2, -0.15) is 8.78 Å². The molecule has 0 N–H and O–H groups in total. The minimum absolute atomic E-state index is 0.0897. The summed E-state index contributed by atoms with van der Waals surface area (Å²) in [5.74, 6) is -0.102. The summed E-state index contributed by atoms with van der Waals surface area (Å²) in [6.07, 6.45) is 0. The van der Waals surface area contributed by atoms with Crippen molar-refractivity contribution in [1.29, 1.82) is 0 Å². The highest BCUT2D eigenvalue weighted by molar-refractivity contribution is 5.96. The molecule has 100 valence electrons. The summed E-state index contributed by atoms with van der Waals surface area (Å²) in [6, 6.07) is 6.02. The van der Waals surface area contributed by atoms with Crippen molar-refractivity contribution in [2.24, 2.45) is 5.92 Å². The first-order chi connectivity index (χ1) is 8.41. The topological polar surface area (TPSA) is 29.5 Å². The summed E-state index contributed by atoms with van der Waals surface area (Å²) in [6.45, 7) is 1.58. The SMILES string of the molecule is CC(C)CN(C)C(=O)c1ccccc1OC(F)F. The molecule has 0 heterocycles. The van der Waals surface area contributed by atoms with E-state index in [-0.39, 0.29) is 17.2 Å². The van der Waals surface area contributed by atoms with E-state index in [2.05, 4.69) is 4.74 Å². The number of carbonyl (C=O) groups is 1. The lowest BCUT2D eigenvalue weighted by atomic mass is 10.1. The van der Waals surface area contributed by atoms with Gasteiger partial charge in [-0.05, 0) is 18.1 Å². The standard InChI is InChI=1S/C13H17F2NO2/c1-9(2)8-16(3)12(17)10-6-4-5-7-11(10)18-13(14)15/h4-7,9,13H,8H2,1-3H3. The minimum atomic E-state index is -2.94. The fourth-order valence-corrected chi connectivity index (χ4v) is 1.68. The van der Waals surface area contributed by atoms with Crippen molar-refractivity contribution in [3.8, 4) is 5.75 Å². The van der Waals surface area contributed by atoms with Crippen LogP contribution in [0.2, 0.25) is 0 Å². The van der Waals surface area contributed by atoms with E-state index in [1.54, 1.807) is 19.2 Å². The molecule has 1 amide bonds. The monoisotopic (exact) mass is 257 g/mol. The largest absolute Gasteiger partial charge is 0.434 e. The van der Waals surface area contributed by atoms with Gasteiger partial charge in [-0.1, -0.05) is 26.0 Å². The van der Waals surface area contributed by atoms with Gasteiger partial charge in [0, 0.05) is 13.6 Å². The van der Waals surface area contributed by atoms with Crippen molar-refractivity contribution >= 4 is 5.91 Å². The van der Waals surface area contributed by atoms with E-state index in [1.165, 1.54) is 17.0 Å². The highest BCUT2D eigenvalue weighted by Gasteiger charge is 2.18. The van der Waals surface area contributed by atoms with Crippen LogP contribution in [0.5, 0.6) is 5.75 Å². The van der Waals surface area contributed by atoms with E-state index in [4.69, 9.17) is 0 Å². The molecule has 0 saturated carbocycles. The smallest absolute Gasteiger partial charge is 0.387 e. The maximum absolute atomic E-state index is 12.2. The average Bonchev–Trinajstić information content (AvgIpc) is 2.27. The van der Waals surface area contributed by atoms with E-state index in [0.29, 0.717) is 12.5 Å². The van der Waals surface area contributed by atoms with Crippen LogP contribution in [0, 0.1) is 5.92 Å². The van der Waals surface area contributed by atoms with Gasteiger partial charge in [0.25, 0.3) is 5.91 Å². The number of halogens is 2. The van der Waals surface area contributed by atoms with Crippen LogP contribution in [0.15, 0.2) is 24.3 Å². The number of alkyl halides is 2. The third kappa shape index (κ3) is 3.98. The van der Waals surface area contributed by atoms with Crippen molar-refractivity contribution in [1.82, 2.24) is 4.90 Å². The number of para-hydroxylation sites is 1. The van der Waals surface area contributed by atoms with E-state index in [9.17, 15) is 13.6 Å². The van der Waals surface area contributed by atoms with Gasteiger partial charge in [0.15, 0.2) is 0 Å². The molecule has 1 aromatic carbocycles. The molecule has 0 atom stereocenters. The normalized spacial score (nSPS) is 10.8. The quantitative estimate of drug-likeness (QED) is 0.811. The second-order valence-electron chi connectivity index (χ2n) is 4.45. The molecular formula is C13H17F2NO2. The number of nitrogens with zero attached hydrogens (tertiary/aromatic N) is 1. The van der Waals surface area contributed by atoms with Crippen LogP contribution in [-0.2, 0) is 0 Å². The third-order valence-electron chi connectivity index (χ3n) is 2.32. The van der Waals surface area contributed by atoms with Crippen molar-refractivity contribution < 1.29 is 18.3 Å². The van der Waals surface area contributed by atoms with Crippen LogP contribution in [0.25, 0.3) is 0 Å². The Kier molecular flexibility index (Phi) is 5.07. The van der Waals surface area contributed by atoms with E-state index in [1.807, 2.05) is 13.8 Å². The highest BCUT2D eigenvalue weighted by atomic mass is 19.3. The van der Waals surface area contributed by atoms with Crippen molar-refractivity contribution in [3.63, 3.8) is 0 Å². The Labute approximate surface area is 105 Å². The molecule has 0 fully saturated rings. The third-order valence-corrected chi connectivity index (χ3v) is 2.32. The maximum atomic E-state index is 12.2. The highest BCUT2D eigenvalue weighted by Crippen LogP contribution is 2.21. The first-order valence-corrected chi connectivity index (χ1v) is 5.71. The Balaban J connectivity index is 2.91. The number of hydrogen-bond acceptors (Lipinski definition) is 2. The molecular weight excluding hydrogens is 240 g/mol. The van der Waals surface area contributed by atoms with Gasteiger partial charge in [0.1, 0.15) is 5.75 Å². The Hall–Kier alpha value is -1.65. The van der Waals surface area contributed by atoms with E-state index >= 15 is 0 Å². The van der Waals surface area contributed by atoms with Crippen molar-refractivity contribution in [2.75, 3.05) is 13.6 Å². The number of amides is 1. The molecule has 0 radical (unpaired) electrons. The molecule has 0 aromatic heterocycles. The summed E-state index contributed by atoms with van der Waals surface area (Å²) in [7, 11) is 1.64. The molecule has 0 spiro atoms. The summed E-state index contributed by atoms with van der Waals surface area (Å²) in [5.41, 5.74) is 0.154. The Morgan fingerprint density at radius 3 is 2.50 bits per heavy atom. The second kappa shape index (κ2) is 6.33. The van der Waals surface area contributed by atoms with Gasteiger partial charge in [-0.25, -0.2) is 0 Å². The van der Waals surface area contributed by atoms with Crippen molar-refractivity contribution in [3.05, 3.63) is 29.8 Å². The van der Waals surface area contributed by atoms with Gasteiger partial charge in [-0.15, -0.1) is 0 Å². The van der Waals surface area contributed by atoms with Crippen LogP contribution >= 0.6 is 0 Å². The Morgan fingerprint density at radius 1 is 1.33 bits per heavy atom. The lowest BCUT2D eigenvalue weighted by molar-refractivity contribution is -0.0502. The van der Waals surface area contributed by atoms with Crippen LogP contribution in [-0.4, -0.2) is 31.0 Å². The lowest BCUT2D eigenvalue weighted by Gasteiger charge is -2.20. The maximum Gasteiger partial charge on any atom is 0.387 e. The molecule has 0 aliphatic carbocycles. The minimum Gasteiger partial charge on any atom is -0.434 e. The van der Waals surface area contributed by atoms with Gasteiger partial charge in [0.2, 0.25) is 0 Å². The van der Waals surface area contributed by atoms with E-state index in [0.717, 1.165) is 0 Å². The Morgan fingerprint density at radius 2 is 1.94 bits per heavy atom. The van der Waals surface area contributed by atoms with Crippen LogP contribution in [0.1, 0.15) is 24.2 Å². The van der Waals surface area contributed by atoms with Crippen LogP contribution < -0.4 is 4.74 Å². The molecule has 5 heteroatoms. The van der Waals surface area contributed by atoms with Gasteiger partial charge in [-0.3, -0.25) is 4.79 Å². The molecule has 1 aromatic rings. The number of rotatable bonds is 5. The van der Waals surface area contributed by atoms with Crippen molar-refractivity contribution in [2.45, 2.75) is 20.5 Å². The molecule has 0 aliphatic rings. The zero-order valence-electron chi connectivity index (χ0n) is 10.7. The number of hydrogen-bond donors (Lipinski definition) is 0. The molecule has 3 nitrogen and oxygen atoms in total. The van der Waals surface area contributed by atoms with Crippen LogP contribution in [0.3, 0.4) is 0 Å². The second-order valence-corrected chi connectivity index (χ2v) is 4.45. The number of carbonyl (C=O) groups excluding carboxylic acids is 1. The van der Waals surface area contributed by atoms with E-state index < -0.39 is 6.61 Å². The predicted molar refractivity (Wildman–Crippen MR) is 64.9 cm³/mol. The van der Waals surface area contributed by atoms with Gasteiger partial charge < -0.3 is 9.64 Å². The molecule has 0 aliphatic heterocycles. The van der Waals surface area contributed by atoms with Crippen LogP contribution in [0.4, 0.5) is 8.78 Å². The zero-order valence-corrected chi connectivity index (χ0v) is 10.7. The average molecular weight is 257 g/mol. The molecule has 18 heavy (non-hydrogen) atoms. The fraction of sp³-hybridized carbons (Fsp3) is 0.462. The fourth-order valence-electron chi connectivity index (χ4n) is 1.68.